The highest BCUT2D eigenvalue weighted by atomic mass is 19.1. The highest BCUT2D eigenvalue weighted by Crippen LogP contribution is 2.05. The number of nitrogens with two attached hydrogens (primary N) is 1. The van der Waals surface area contributed by atoms with Gasteiger partial charge in [0.15, 0.2) is 5.84 Å². The first-order chi connectivity index (χ1) is 6.65. The minimum absolute atomic E-state index is 0.271. The summed E-state index contributed by atoms with van der Waals surface area (Å²) in [5.41, 5.74) is 3.02. The number of benzene rings is 1. The van der Waals surface area contributed by atoms with E-state index >= 15 is 0 Å². The molecule has 5 heteroatoms. The quantitative estimate of drug-likeness (QED) is 0.314. The van der Waals surface area contributed by atoms with E-state index in [2.05, 4.69) is 10.6 Å². The van der Waals surface area contributed by atoms with E-state index in [1.54, 1.807) is 17.0 Å². The van der Waals surface area contributed by atoms with Gasteiger partial charge in [-0.15, -0.1) is 5.10 Å². The molecule has 0 radical (unpaired) electrons. The van der Waals surface area contributed by atoms with Crippen molar-refractivity contribution in [1.29, 1.82) is 0 Å². The summed E-state index contributed by atoms with van der Waals surface area (Å²) in [5.74, 6) is 5.47. The van der Waals surface area contributed by atoms with Crippen molar-refractivity contribution < 1.29 is 4.39 Å². The first-order valence-electron chi connectivity index (χ1n) is 4.11. The van der Waals surface area contributed by atoms with Gasteiger partial charge in [-0.1, -0.05) is 0 Å². The van der Waals surface area contributed by atoms with Gasteiger partial charge in [-0.2, -0.15) is 0 Å². The molecule has 76 valence electrons. The average Bonchev–Trinajstić information content (AvgIpc) is 2.15. The lowest BCUT2D eigenvalue weighted by molar-refractivity contribution is 0.606. The topological polar surface area (TPSA) is 53.6 Å². The Hall–Kier alpha value is -1.62. The van der Waals surface area contributed by atoms with Crippen LogP contribution in [0.4, 0.5) is 4.39 Å². The van der Waals surface area contributed by atoms with Gasteiger partial charge in [-0.25, -0.2) is 15.8 Å². The van der Waals surface area contributed by atoms with E-state index in [1.807, 2.05) is 14.1 Å². The van der Waals surface area contributed by atoms with Gasteiger partial charge >= 0.3 is 0 Å². The van der Waals surface area contributed by atoms with E-state index in [1.165, 1.54) is 12.1 Å². The van der Waals surface area contributed by atoms with Crippen molar-refractivity contribution in [2.75, 3.05) is 14.1 Å². The van der Waals surface area contributed by atoms with Crippen molar-refractivity contribution in [3.8, 4) is 0 Å². The Morgan fingerprint density at radius 2 is 1.93 bits per heavy atom. The molecular weight excluding hydrogens is 183 g/mol. The zero-order valence-corrected chi connectivity index (χ0v) is 8.16. The molecule has 0 aromatic heterocycles. The van der Waals surface area contributed by atoms with Crippen LogP contribution in [-0.2, 0) is 0 Å². The second-order valence-corrected chi connectivity index (χ2v) is 2.97. The number of nitrogens with one attached hydrogen (secondary N) is 1. The standard InChI is InChI=1S/C9H13FN4/c1-14(2)9(12-13-11)7-3-5-8(10)6-4-7/h3-6,13H,11H2,1-2H3/b12-9-. The van der Waals surface area contributed by atoms with Gasteiger partial charge in [0.2, 0.25) is 0 Å². The van der Waals surface area contributed by atoms with Crippen LogP contribution in [0.25, 0.3) is 0 Å². The monoisotopic (exact) mass is 196 g/mol. The van der Waals surface area contributed by atoms with Crippen molar-refractivity contribution in [2.24, 2.45) is 10.9 Å². The molecule has 0 spiro atoms. The number of hydrogen-bond acceptors (Lipinski definition) is 3. The van der Waals surface area contributed by atoms with Crippen molar-refractivity contribution in [2.45, 2.75) is 0 Å². The SMILES string of the molecule is CN(C)/C(=N\NN)c1ccc(F)cc1. The Morgan fingerprint density at radius 1 is 1.36 bits per heavy atom. The summed E-state index contributed by atoms with van der Waals surface area (Å²) in [6.45, 7) is 0. The minimum atomic E-state index is -0.271. The first kappa shape index (κ1) is 10.5. The molecule has 0 amide bonds. The van der Waals surface area contributed by atoms with Gasteiger partial charge in [0.25, 0.3) is 0 Å². The first-order valence-corrected chi connectivity index (χ1v) is 4.11. The molecule has 0 aliphatic heterocycles. The van der Waals surface area contributed by atoms with E-state index < -0.39 is 0 Å². The third-order valence-electron chi connectivity index (χ3n) is 1.70. The number of hydrogen-bond donors (Lipinski definition) is 2. The normalized spacial score (nSPS) is 11.3. The maximum atomic E-state index is 12.6. The fourth-order valence-corrected chi connectivity index (χ4v) is 1.08. The lowest BCUT2D eigenvalue weighted by atomic mass is 10.2. The summed E-state index contributed by atoms with van der Waals surface area (Å²) < 4.78 is 12.6. The molecule has 0 heterocycles. The summed E-state index contributed by atoms with van der Waals surface area (Å²) in [6, 6.07) is 6.05. The average molecular weight is 196 g/mol. The van der Waals surface area contributed by atoms with Crippen molar-refractivity contribution >= 4 is 5.84 Å². The molecule has 0 saturated heterocycles. The summed E-state index contributed by atoms with van der Waals surface area (Å²) in [4.78, 5) is 1.78. The van der Waals surface area contributed by atoms with E-state index in [-0.39, 0.29) is 5.82 Å². The molecule has 0 atom stereocenters. The van der Waals surface area contributed by atoms with Gasteiger partial charge in [-0.3, -0.25) is 0 Å². The fraction of sp³-hybridized carbons (Fsp3) is 0.222. The van der Waals surface area contributed by atoms with E-state index in [9.17, 15) is 4.39 Å². The lowest BCUT2D eigenvalue weighted by Gasteiger charge is -2.15. The Balaban J connectivity index is 3.00. The van der Waals surface area contributed by atoms with Gasteiger partial charge in [0.05, 0.1) is 0 Å². The minimum Gasteiger partial charge on any atom is -0.361 e. The Bertz CT molecular complexity index is 318. The maximum absolute atomic E-state index is 12.6. The molecule has 0 bridgehead atoms. The summed E-state index contributed by atoms with van der Waals surface area (Å²) in [5, 5.41) is 3.87. The Labute approximate surface area is 82.2 Å². The highest BCUT2D eigenvalue weighted by Gasteiger charge is 2.05. The number of nitrogens with zero attached hydrogens (tertiary/aromatic N) is 2. The zero-order valence-electron chi connectivity index (χ0n) is 8.16. The van der Waals surface area contributed by atoms with Crippen LogP contribution in [0.2, 0.25) is 0 Å². The molecule has 1 rings (SSSR count). The van der Waals surface area contributed by atoms with E-state index in [4.69, 9.17) is 5.84 Å². The van der Waals surface area contributed by atoms with Crippen LogP contribution in [0.3, 0.4) is 0 Å². The third kappa shape index (κ3) is 2.43. The van der Waals surface area contributed by atoms with Crippen LogP contribution in [0.15, 0.2) is 29.4 Å². The number of amidine groups is 1. The van der Waals surface area contributed by atoms with Gasteiger partial charge in [0.1, 0.15) is 5.82 Å². The number of hydrazone groups is 1. The fourth-order valence-electron chi connectivity index (χ4n) is 1.08. The molecule has 0 aliphatic rings. The molecule has 1 aromatic carbocycles. The molecular formula is C9H13FN4. The summed E-state index contributed by atoms with van der Waals surface area (Å²) >= 11 is 0. The lowest BCUT2D eigenvalue weighted by Crippen LogP contribution is -2.28. The van der Waals surface area contributed by atoms with Crippen molar-refractivity contribution in [3.63, 3.8) is 0 Å². The smallest absolute Gasteiger partial charge is 0.156 e. The number of rotatable bonds is 2. The zero-order chi connectivity index (χ0) is 10.6. The predicted octanol–water partition coefficient (Wildman–Crippen LogP) is 0.512. The van der Waals surface area contributed by atoms with E-state index in [0.717, 1.165) is 5.56 Å². The molecule has 1 aromatic rings. The largest absolute Gasteiger partial charge is 0.361 e. The van der Waals surface area contributed by atoms with Gasteiger partial charge < -0.3 is 4.90 Å². The molecule has 0 aliphatic carbocycles. The summed E-state index contributed by atoms with van der Waals surface area (Å²) in [7, 11) is 3.67. The number of hydrazine groups is 1. The maximum Gasteiger partial charge on any atom is 0.156 e. The highest BCUT2D eigenvalue weighted by molar-refractivity contribution is 5.98. The third-order valence-corrected chi connectivity index (χ3v) is 1.70. The molecule has 0 unspecified atom stereocenters. The number of halogens is 1. The van der Waals surface area contributed by atoms with Crippen LogP contribution in [0.5, 0.6) is 0 Å². The predicted molar refractivity (Wildman–Crippen MR) is 53.9 cm³/mol. The molecule has 0 saturated carbocycles. The van der Waals surface area contributed by atoms with Crippen molar-refractivity contribution in [1.82, 2.24) is 10.4 Å². The Morgan fingerprint density at radius 3 is 2.36 bits per heavy atom. The molecule has 0 fully saturated rings. The second-order valence-electron chi connectivity index (χ2n) is 2.97. The second kappa shape index (κ2) is 4.57. The molecule has 4 nitrogen and oxygen atoms in total. The van der Waals surface area contributed by atoms with Crippen LogP contribution in [0.1, 0.15) is 5.56 Å². The summed E-state index contributed by atoms with van der Waals surface area (Å²) in [6.07, 6.45) is 0. The molecule has 3 N–H and O–H groups in total. The van der Waals surface area contributed by atoms with Crippen LogP contribution < -0.4 is 11.4 Å². The van der Waals surface area contributed by atoms with Gasteiger partial charge in [-0.05, 0) is 24.3 Å². The Kier molecular flexibility index (Phi) is 3.41. The van der Waals surface area contributed by atoms with Gasteiger partial charge in [0, 0.05) is 19.7 Å². The van der Waals surface area contributed by atoms with E-state index in [0.29, 0.717) is 5.84 Å². The molecule has 14 heavy (non-hydrogen) atoms. The van der Waals surface area contributed by atoms with Crippen LogP contribution in [-0.4, -0.2) is 24.8 Å². The van der Waals surface area contributed by atoms with Crippen LogP contribution >= 0.6 is 0 Å². The van der Waals surface area contributed by atoms with Crippen molar-refractivity contribution in [3.05, 3.63) is 35.6 Å². The van der Waals surface area contributed by atoms with Crippen LogP contribution in [0, 0.1) is 5.82 Å².